The second-order valence-corrected chi connectivity index (χ2v) is 1.67. The lowest BCUT2D eigenvalue weighted by molar-refractivity contribution is -0.377. The van der Waals surface area contributed by atoms with Crippen LogP contribution in [-0.2, 0) is 0 Å². The molecule has 48 valence electrons. The molecule has 0 unspecified atom stereocenters. The van der Waals surface area contributed by atoms with Crippen LogP contribution in [0, 0.1) is 0 Å². The summed E-state index contributed by atoms with van der Waals surface area (Å²) in [7, 11) is 0. The number of aromatic nitrogens is 2. The summed E-state index contributed by atoms with van der Waals surface area (Å²) in [6.07, 6.45) is 5.32. The molecule has 0 amide bonds. The Morgan fingerprint density at radius 3 is 3.22 bits per heavy atom. The molecule has 0 saturated heterocycles. The van der Waals surface area contributed by atoms with Crippen LogP contribution in [-0.4, -0.2) is 11.5 Å². The molecule has 1 rings (SSSR count). The molecule has 0 aromatic carbocycles. The zero-order chi connectivity index (χ0) is 6.53. The summed E-state index contributed by atoms with van der Waals surface area (Å²) < 4.78 is 0. The molecule has 0 spiro atoms. The van der Waals surface area contributed by atoms with Crippen molar-refractivity contribution in [3.8, 4) is 0 Å². The van der Waals surface area contributed by atoms with E-state index >= 15 is 0 Å². The van der Waals surface area contributed by atoms with Crippen LogP contribution < -0.4 is 10.3 Å². The fourth-order valence-corrected chi connectivity index (χ4v) is 0.603. The molecular weight excluding hydrogens is 114 g/mol. The lowest BCUT2D eigenvalue weighted by Gasteiger charge is -1.94. The molecule has 0 saturated carbocycles. The first-order valence-electron chi connectivity index (χ1n) is 2.99. The first-order valence-corrected chi connectivity index (χ1v) is 2.99. The summed E-state index contributed by atoms with van der Waals surface area (Å²) in [5, 5.41) is 3.07. The second-order valence-electron chi connectivity index (χ2n) is 1.67. The first-order chi connectivity index (χ1) is 4.43. The summed E-state index contributed by atoms with van der Waals surface area (Å²) in [6.45, 7) is 2.94. The van der Waals surface area contributed by atoms with Crippen molar-refractivity contribution < 1.29 is 4.98 Å². The second kappa shape index (κ2) is 3.02. The molecule has 3 heteroatoms. The SMILES string of the molecule is CCNc1c[nH+]ccn1. The van der Waals surface area contributed by atoms with Crippen molar-refractivity contribution in [3.63, 3.8) is 0 Å². The van der Waals surface area contributed by atoms with Crippen LogP contribution in [0.4, 0.5) is 5.82 Å². The highest BCUT2D eigenvalue weighted by Gasteiger charge is 1.89. The van der Waals surface area contributed by atoms with E-state index < -0.39 is 0 Å². The molecule has 9 heavy (non-hydrogen) atoms. The monoisotopic (exact) mass is 124 g/mol. The Morgan fingerprint density at radius 2 is 2.67 bits per heavy atom. The average molecular weight is 124 g/mol. The van der Waals surface area contributed by atoms with Crippen LogP contribution >= 0.6 is 0 Å². The van der Waals surface area contributed by atoms with E-state index in [0.717, 1.165) is 12.4 Å². The van der Waals surface area contributed by atoms with E-state index in [1.165, 1.54) is 0 Å². The van der Waals surface area contributed by atoms with Gasteiger partial charge in [0.05, 0.1) is 6.20 Å². The lowest BCUT2D eigenvalue weighted by atomic mass is 10.6. The lowest BCUT2D eigenvalue weighted by Crippen LogP contribution is -2.05. The Kier molecular flexibility index (Phi) is 2.01. The van der Waals surface area contributed by atoms with Gasteiger partial charge < -0.3 is 5.32 Å². The van der Waals surface area contributed by atoms with Crippen molar-refractivity contribution in [2.45, 2.75) is 6.92 Å². The van der Waals surface area contributed by atoms with Gasteiger partial charge in [-0.05, 0) is 6.92 Å². The maximum atomic E-state index is 4.03. The number of hydrogen-bond donors (Lipinski definition) is 1. The number of rotatable bonds is 2. The van der Waals surface area contributed by atoms with Crippen molar-refractivity contribution >= 4 is 5.82 Å². The van der Waals surface area contributed by atoms with Crippen LogP contribution in [0.25, 0.3) is 0 Å². The van der Waals surface area contributed by atoms with Crippen LogP contribution in [0.2, 0.25) is 0 Å². The predicted molar refractivity (Wildman–Crippen MR) is 35.0 cm³/mol. The minimum absolute atomic E-state index is 0.889. The number of nitrogens with one attached hydrogen (secondary N) is 2. The maximum absolute atomic E-state index is 4.03. The Morgan fingerprint density at radius 1 is 1.78 bits per heavy atom. The summed E-state index contributed by atoms with van der Waals surface area (Å²) in [4.78, 5) is 6.95. The minimum Gasteiger partial charge on any atom is -0.365 e. The van der Waals surface area contributed by atoms with Crippen LogP contribution in [0.5, 0.6) is 0 Å². The summed E-state index contributed by atoms with van der Waals surface area (Å²) in [5.41, 5.74) is 0. The zero-order valence-corrected chi connectivity index (χ0v) is 5.39. The highest BCUT2D eigenvalue weighted by molar-refractivity contribution is 5.26. The maximum Gasteiger partial charge on any atom is 0.209 e. The molecule has 0 aliphatic heterocycles. The largest absolute Gasteiger partial charge is 0.365 e. The molecule has 0 atom stereocenters. The third-order valence-corrected chi connectivity index (χ3v) is 0.962. The van der Waals surface area contributed by atoms with Crippen molar-refractivity contribution in [2.75, 3.05) is 11.9 Å². The summed E-state index contributed by atoms with van der Waals surface area (Å²) in [5.74, 6) is 0.889. The highest BCUT2D eigenvalue weighted by atomic mass is 15.0. The van der Waals surface area contributed by atoms with E-state index in [1.807, 2.05) is 13.1 Å². The topological polar surface area (TPSA) is 39.1 Å². The van der Waals surface area contributed by atoms with Crippen molar-refractivity contribution in [1.82, 2.24) is 4.98 Å². The quantitative estimate of drug-likeness (QED) is 0.617. The van der Waals surface area contributed by atoms with Crippen LogP contribution in [0.15, 0.2) is 18.6 Å². The van der Waals surface area contributed by atoms with Crippen molar-refractivity contribution in [3.05, 3.63) is 18.6 Å². The third-order valence-electron chi connectivity index (χ3n) is 0.962. The summed E-state index contributed by atoms with van der Waals surface area (Å²) >= 11 is 0. The van der Waals surface area contributed by atoms with E-state index in [0.29, 0.717) is 0 Å². The van der Waals surface area contributed by atoms with Gasteiger partial charge in [0, 0.05) is 6.54 Å². The van der Waals surface area contributed by atoms with E-state index in [9.17, 15) is 0 Å². The first kappa shape index (κ1) is 6.01. The van der Waals surface area contributed by atoms with E-state index in [2.05, 4.69) is 15.3 Å². The van der Waals surface area contributed by atoms with E-state index in [1.54, 1.807) is 12.4 Å². The van der Waals surface area contributed by atoms with Crippen LogP contribution in [0.3, 0.4) is 0 Å². The number of aromatic amines is 1. The fourth-order valence-electron chi connectivity index (χ4n) is 0.603. The van der Waals surface area contributed by atoms with Gasteiger partial charge in [0.2, 0.25) is 6.20 Å². The van der Waals surface area contributed by atoms with Gasteiger partial charge in [-0.25, -0.2) is 9.97 Å². The predicted octanol–water partition coefficient (Wildman–Crippen LogP) is 0.327. The van der Waals surface area contributed by atoms with Gasteiger partial charge in [0.15, 0.2) is 12.0 Å². The van der Waals surface area contributed by atoms with Crippen LogP contribution in [0.1, 0.15) is 6.92 Å². The van der Waals surface area contributed by atoms with Gasteiger partial charge in [0.1, 0.15) is 0 Å². The molecule has 2 N–H and O–H groups in total. The van der Waals surface area contributed by atoms with Gasteiger partial charge in [-0.1, -0.05) is 0 Å². The highest BCUT2D eigenvalue weighted by Crippen LogP contribution is 1.91. The number of nitrogens with zero attached hydrogens (tertiary/aromatic N) is 1. The Hall–Kier alpha value is -1.12. The van der Waals surface area contributed by atoms with Crippen molar-refractivity contribution in [1.29, 1.82) is 0 Å². The average Bonchev–Trinajstić information content (AvgIpc) is 1.91. The number of anilines is 1. The smallest absolute Gasteiger partial charge is 0.209 e. The molecule has 0 fully saturated rings. The van der Waals surface area contributed by atoms with Gasteiger partial charge >= 0.3 is 0 Å². The van der Waals surface area contributed by atoms with Gasteiger partial charge in [-0.2, -0.15) is 0 Å². The molecule has 1 aromatic heterocycles. The normalized spacial score (nSPS) is 9.00. The molecular formula is C6H10N3+. The van der Waals surface area contributed by atoms with Crippen molar-refractivity contribution in [2.24, 2.45) is 0 Å². The van der Waals surface area contributed by atoms with E-state index in [4.69, 9.17) is 0 Å². The molecule has 1 heterocycles. The fraction of sp³-hybridized carbons (Fsp3) is 0.333. The standard InChI is InChI=1S/C6H9N3/c1-2-8-6-5-7-3-4-9-6/h3-5H,2H2,1H3,(H,8,9)/p+1. The Balaban J connectivity index is 2.61. The van der Waals surface area contributed by atoms with Gasteiger partial charge in [-0.3, -0.25) is 0 Å². The molecule has 0 aliphatic rings. The van der Waals surface area contributed by atoms with Gasteiger partial charge in [0.25, 0.3) is 0 Å². The number of hydrogen-bond acceptors (Lipinski definition) is 2. The zero-order valence-electron chi connectivity index (χ0n) is 5.39. The molecule has 0 radical (unpaired) electrons. The molecule has 0 bridgehead atoms. The Labute approximate surface area is 54.2 Å². The molecule has 0 aliphatic carbocycles. The molecule has 3 nitrogen and oxygen atoms in total. The number of H-pyrrole nitrogens is 1. The molecule has 1 aromatic rings. The minimum atomic E-state index is 0.889. The van der Waals surface area contributed by atoms with Gasteiger partial charge in [-0.15, -0.1) is 0 Å². The van der Waals surface area contributed by atoms with E-state index in [-0.39, 0.29) is 0 Å². The Bertz CT molecular complexity index is 161. The summed E-state index contributed by atoms with van der Waals surface area (Å²) in [6, 6.07) is 0. The third kappa shape index (κ3) is 1.68.